The number of carbonyl (C=O) groups excluding carboxylic acids is 1. The van der Waals surface area contributed by atoms with Crippen LogP contribution in [-0.2, 0) is 4.74 Å². The largest absolute Gasteiger partial charge is 0.465 e. The predicted molar refractivity (Wildman–Crippen MR) is 56.8 cm³/mol. The topological polar surface area (TPSA) is 78.9 Å². The van der Waals surface area contributed by atoms with Crippen molar-refractivity contribution in [3.05, 3.63) is 24.3 Å². The minimum Gasteiger partial charge on any atom is -0.465 e. The molecule has 1 fully saturated rings. The zero-order valence-electron chi connectivity index (χ0n) is 8.34. The second kappa shape index (κ2) is 4.09. The van der Waals surface area contributed by atoms with Crippen LogP contribution in [0, 0.1) is 0 Å². The highest BCUT2D eigenvalue weighted by atomic mass is 16.6. The summed E-state index contributed by atoms with van der Waals surface area (Å²) in [6.07, 6.45) is -1.55. The number of hydrogen-bond donors (Lipinski definition) is 2. The first-order chi connectivity index (χ1) is 7.66. The number of nitrogens with one attached hydrogen (secondary N) is 1. The van der Waals surface area contributed by atoms with Gasteiger partial charge in [0.2, 0.25) is 0 Å². The molecule has 0 saturated carbocycles. The van der Waals surface area contributed by atoms with E-state index in [-0.39, 0.29) is 0 Å². The average Bonchev–Trinajstić information content (AvgIpc) is 2.64. The number of benzene rings is 1. The summed E-state index contributed by atoms with van der Waals surface area (Å²) in [5.41, 5.74) is 1.04. The Hall–Kier alpha value is -2.24. The van der Waals surface area contributed by atoms with E-state index in [0.29, 0.717) is 24.5 Å². The lowest BCUT2D eigenvalue weighted by Gasteiger charge is -2.13. The number of amides is 2. The number of nitrogens with zero attached hydrogens (tertiary/aromatic N) is 1. The molecule has 1 aliphatic heterocycles. The van der Waals surface area contributed by atoms with Gasteiger partial charge in [0.05, 0.1) is 6.54 Å². The minimum atomic E-state index is -1.14. The maximum atomic E-state index is 11.3. The fourth-order valence-electron chi connectivity index (χ4n) is 1.50. The molecule has 1 aliphatic rings. The van der Waals surface area contributed by atoms with E-state index in [1.165, 1.54) is 4.90 Å². The third-order valence-electron chi connectivity index (χ3n) is 2.17. The van der Waals surface area contributed by atoms with E-state index in [1.807, 2.05) is 0 Å². The Balaban J connectivity index is 2.21. The Morgan fingerprint density at radius 2 is 2.31 bits per heavy atom. The number of hydrogen-bond acceptors (Lipinski definition) is 3. The van der Waals surface area contributed by atoms with E-state index < -0.39 is 12.2 Å². The zero-order chi connectivity index (χ0) is 11.5. The summed E-state index contributed by atoms with van der Waals surface area (Å²) in [6, 6.07) is 6.59. The van der Waals surface area contributed by atoms with Crippen LogP contribution in [0.3, 0.4) is 0 Å². The predicted octanol–water partition coefficient (Wildman–Crippen LogP) is 1.73. The van der Waals surface area contributed by atoms with E-state index in [0.717, 1.165) is 0 Å². The third kappa shape index (κ3) is 2.05. The van der Waals surface area contributed by atoms with E-state index in [1.54, 1.807) is 24.3 Å². The molecule has 6 nitrogen and oxygen atoms in total. The lowest BCUT2D eigenvalue weighted by atomic mass is 10.2. The molecule has 0 atom stereocenters. The molecular formula is C10H10N2O4. The number of cyclic esters (lactones) is 1. The van der Waals surface area contributed by atoms with Crippen LogP contribution >= 0.6 is 0 Å². The highest BCUT2D eigenvalue weighted by Gasteiger charge is 2.23. The quantitative estimate of drug-likeness (QED) is 0.798. The summed E-state index contributed by atoms with van der Waals surface area (Å²) in [4.78, 5) is 23.2. The third-order valence-corrected chi connectivity index (χ3v) is 2.17. The molecule has 1 heterocycles. The summed E-state index contributed by atoms with van der Waals surface area (Å²) in [5, 5.41) is 10.8. The molecule has 1 aromatic carbocycles. The standard InChI is InChI=1S/C10H10N2O4/c13-9(14)11-7-2-1-3-8(6-7)12-4-5-16-10(12)15/h1-3,6,11H,4-5H2,(H,13,14). The molecule has 6 heteroatoms. The van der Waals surface area contributed by atoms with Gasteiger partial charge in [-0.3, -0.25) is 10.2 Å². The molecule has 2 amide bonds. The Bertz CT molecular complexity index is 433. The molecular weight excluding hydrogens is 212 g/mol. The van der Waals surface area contributed by atoms with Crippen molar-refractivity contribution < 1.29 is 19.4 Å². The number of carboxylic acid groups (broad SMARTS) is 1. The molecule has 0 aliphatic carbocycles. The summed E-state index contributed by atoms with van der Waals surface area (Å²) in [6.45, 7) is 0.838. The molecule has 84 valence electrons. The highest BCUT2D eigenvalue weighted by Crippen LogP contribution is 2.22. The molecule has 2 rings (SSSR count). The second-order valence-corrected chi connectivity index (χ2v) is 3.25. The molecule has 0 aromatic heterocycles. The van der Waals surface area contributed by atoms with Crippen LogP contribution in [0.15, 0.2) is 24.3 Å². The fraction of sp³-hybridized carbons (Fsp3) is 0.200. The first-order valence-electron chi connectivity index (χ1n) is 4.71. The number of rotatable bonds is 2. The van der Waals surface area contributed by atoms with Crippen molar-refractivity contribution in [2.45, 2.75) is 0 Å². The first kappa shape index (κ1) is 10.3. The van der Waals surface area contributed by atoms with Crippen molar-refractivity contribution in [1.82, 2.24) is 0 Å². The average molecular weight is 222 g/mol. The van der Waals surface area contributed by atoms with Gasteiger partial charge >= 0.3 is 12.2 Å². The van der Waals surface area contributed by atoms with Gasteiger partial charge in [0.1, 0.15) is 6.61 Å². The maximum Gasteiger partial charge on any atom is 0.414 e. The van der Waals surface area contributed by atoms with Crippen LogP contribution in [-0.4, -0.2) is 30.4 Å². The van der Waals surface area contributed by atoms with Gasteiger partial charge in [-0.25, -0.2) is 9.59 Å². The Morgan fingerprint density at radius 1 is 1.50 bits per heavy atom. The smallest absolute Gasteiger partial charge is 0.414 e. The van der Waals surface area contributed by atoms with Gasteiger partial charge in [-0.2, -0.15) is 0 Å². The van der Waals surface area contributed by atoms with Gasteiger partial charge in [0, 0.05) is 11.4 Å². The summed E-state index contributed by atoms with van der Waals surface area (Å²) in [7, 11) is 0. The molecule has 16 heavy (non-hydrogen) atoms. The van der Waals surface area contributed by atoms with E-state index in [2.05, 4.69) is 5.32 Å². The van der Waals surface area contributed by atoms with E-state index >= 15 is 0 Å². The zero-order valence-corrected chi connectivity index (χ0v) is 8.34. The molecule has 0 bridgehead atoms. The monoisotopic (exact) mass is 222 g/mol. The van der Waals surface area contributed by atoms with Crippen LogP contribution in [0.4, 0.5) is 21.0 Å². The summed E-state index contributed by atoms with van der Waals surface area (Å²) >= 11 is 0. The lowest BCUT2D eigenvalue weighted by molar-refractivity contribution is 0.181. The Morgan fingerprint density at radius 3 is 2.94 bits per heavy atom. The van der Waals surface area contributed by atoms with E-state index in [9.17, 15) is 9.59 Å². The van der Waals surface area contributed by atoms with Crippen molar-refractivity contribution in [3.63, 3.8) is 0 Å². The highest BCUT2D eigenvalue weighted by molar-refractivity contribution is 5.91. The first-order valence-corrected chi connectivity index (χ1v) is 4.71. The van der Waals surface area contributed by atoms with Crippen LogP contribution in [0.5, 0.6) is 0 Å². The summed E-state index contributed by atoms with van der Waals surface area (Å²) in [5.74, 6) is 0. The van der Waals surface area contributed by atoms with Crippen molar-refractivity contribution in [3.8, 4) is 0 Å². The second-order valence-electron chi connectivity index (χ2n) is 3.25. The normalized spacial score (nSPS) is 14.8. The maximum absolute atomic E-state index is 11.3. The molecule has 2 N–H and O–H groups in total. The van der Waals surface area contributed by atoms with E-state index in [4.69, 9.17) is 9.84 Å². The lowest BCUT2D eigenvalue weighted by Crippen LogP contribution is -2.23. The summed E-state index contributed by atoms with van der Waals surface area (Å²) < 4.78 is 4.79. The minimum absolute atomic E-state index is 0.357. The Labute approximate surface area is 91.4 Å². The Kier molecular flexibility index (Phi) is 2.63. The van der Waals surface area contributed by atoms with Gasteiger partial charge < -0.3 is 9.84 Å². The molecule has 0 radical (unpaired) electrons. The van der Waals surface area contributed by atoms with Gasteiger partial charge in [0.15, 0.2) is 0 Å². The number of carbonyl (C=O) groups is 2. The van der Waals surface area contributed by atoms with Crippen molar-refractivity contribution in [2.24, 2.45) is 0 Å². The van der Waals surface area contributed by atoms with Crippen molar-refractivity contribution in [1.29, 1.82) is 0 Å². The van der Waals surface area contributed by atoms with Gasteiger partial charge in [-0.05, 0) is 18.2 Å². The van der Waals surface area contributed by atoms with Gasteiger partial charge in [0.25, 0.3) is 0 Å². The van der Waals surface area contributed by atoms with Crippen LogP contribution in [0.25, 0.3) is 0 Å². The number of ether oxygens (including phenoxy) is 1. The molecule has 0 spiro atoms. The number of anilines is 2. The SMILES string of the molecule is O=C(O)Nc1cccc(N2CCOC2=O)c1. The van der Waals surface area contributed by atoms with Crippen molar-refractivity contribution >= 4 is 23.6 Å². The van der Waals surface area contributed by atoms with Crippen LogP contribution in [0.2, 0.25) is 0 Å². The molecule has 0 unspecified atom stereocenters. The fourth-order valence-corrected chi connectivity index (χ4v) is 1.50. The van der Waals surface area contributed by atoms with Gasteiger partial charge in [-0.15, -0.1) is 0 Å². The van der Waals surface area contributed by atoms with Crippen LogP contribution in [0.1, 0.15) is 0 Å². The van der Waals surface area contributed by atoms with Crippen LogP contribution < -0.4 is 10.2 Å². The van der Waals surface area contributed by atoms with Crippen molar-refractivity contribution in [2.75, 3.05) is 23.4 Å². The molecule has 1 aromatic rings. The molecule has 1 saturated heterocycles. The van der Waals surface area contributed by atoms with Gasteiger partial charge in [-0.1, -0.05) is 6.07 Å².